The van der Waals surface area contributed by atoms with Gasteiger partial charge < -0.3 is 11.5 Å². The number of carbonyl (C=O) groups excluding carboxylic acids is 1. The van der Waals surface area contributed by atoms with Crippen LogP contribution in [0.2, 0.25) is 0 Å². The minimum absolute atomic E-state index is 0.367. The zero-order valence-corrected chi connectivity index (χ0v) is 7.98. The molecule has 1 atom stereocenters. The van der Waals surface area contributed by atoms with Crippen molar-refractivity contribution in [2.24, 2.45) is 17.4 Å². The minimum Gasteiger partial charge on any atom is -0.368 e. The summed E-state index contributed by atoms with van der Waals surface area (Å²) in [5.41, 5.74) is 10.6. The number of hydrogen-bond donors (Lipinski definition) is 2. The topological polar surface area (TPSA) is 69.1 Å². The van der Waals surface area contributed by atoms with Crippen molar-refractivity contribution < 1.29 is 4.79 Å². The molecule has 1 fully saturated rings. The third-order valence-electron chi connectivity index (χ3n) is 2.29. The summed E-state index contributed by atoms with van der Waals surface area (Å²) >= 11 is 1.98. The second kappa shape index (κ2) is 4.72. The summed E-state index contributed by atoms with van der Waals surface area (Å²) in [5, 5.41) is 0. The largest absolute Gasteiger partial charge is 0.368 e. The molecule has 1 heterocycles. The van der Waals surface area contributed by atoms with Gasteiger partial charge in [-0.05, 0) is 36.7 Å². The van der Waals surface area contributed by atoms with E-state index in [4.69, 9.17) is 11.5 Å². The van der Waals surface area contributed by atoms with E-state index in [1.807, 2.05) is 11.8 Å². The summed E-state index contributed by atoms with van der Waals surface area (Å²) in [6, 6.07) is -0.432. The summed E-state index contributed by atoms with van der Waals surface area (Å²) in [6.45, 7) is 0. The van der Waals surface area contributed by atoms with Gasteiger partial charge in [0.1, 0.15) is 0 Å². The molecule has 0 bridgehead atoms. The molecule has 12 heavy (non-hydrogen) atoms. The molecule has 1 aliphatic heterocycles. The maximum atomic E-state index is 10.7. The van der Waals surface area contributed by atoms with Crippen LogP contribution in [-0.2, 0) is 4.79 Å². The molecule has 4 N–H and O–H groups in total. The van der Waals surface area contributed by atoms with Gasteiger partial charge in [0.05, 0.1) is 6.04 Å². The molecule has 1 rings (SSSR count). The summed E-state index contributed by atoms with van der Waals surface area (Å²) in [7, 11) is 0. The number of amides is 1. The summed E-state index contributed by atoms with van der Waals surface area (Å²) in [4.78, 5) is 10.7. The molecule has 1 amide bonds. The van der Waals surface area contributed by atoms with Gasteiger partial charge in [-0.1, -0.05) is 0 Å². The first-order chi connectivity index (χ1) is 5.70. The molecular weight excluding hydrogens is 172 g/mol. The molecule has 0 saturated carbocycles. The molecule has 0 aromatic carbocycles. The SMILES string of the molecule is NC(=O)C(N)CC1CCSCC1. The van der Waals surface area contributed by atoms with Gasteiger partial charge in [0.2, 0.25) is 5.91 Å². The Hall–Kier alpha value is -0.220. The van der Waals surface area contributed by atoms with Crippen LogP contribution in [0.1, 0.15) is 19.3 Å². The van der Waals surface area contributed by atoms with Crippen LogP contribution in [0.4, 0.5) is 0 Å². The van der Waals surface area contributed by atoms with Crippen molar-refractivity contribution in [2.75, 3.05) is 11.5 Å². The fraction of sp³-hybridized carbons (Fsp3) is 0.875. The summed E-state index contributed by atoms with van der Waals surface area (Å²) in [5.74, 6) is 2.66. The van der Waals surface area contributed by atoms with Crippen LogP contribution in [0.25, 0.3) is 0 Å². The molecule has 0 radical (unpaired) electrons. The third kappa shape index (κ3) is 3.03. The van der Waals surface area contributed by atoms with E-state index >= 15 is 0 Å². The number of primary amides is 1. The second-order valence-corrected chi connectivity index (χ2v) is 4.53. The van der Waals surface area contributed by atoms with E-state index in [-0.39, 0.29) is 5.91 Å². The zero-order valence-electron chi connectivity index (χ0n) is 7.16. The van der Waals surface area contributed by atoms with E-state index < -0.39 is 6.04 Å². The first kappa shape index (κ1) is 9.86. The number of carbonyl (C=O) groups is 1. The highest BCUT2D eigenvalue weighted by Crippen LogP contribution is 2.25. The quantitative estimate of drug-likeness (QED) is 0.670. The third-order valence-corrected chi connectivity index (χ3v) is 3.34. The highest BCUT2D eigenvalue weighted by Gasteiger charge is 2.19. The molecule has 70 valence electrons. The highest BCUT2D eigenvalue weighted by molar-refractivity contribution is 7.99. The standard InChI is InChI=1S/C8H16N2OS/c9-7(8(10)11)5-6-1-3-12-4-2-6/h6-7H,1-5,9H2,(H2,10,11). The lowest BCUT2D eigenvalue weighted by molar-refractivity contribution is -0.119. The molecule has 3 nitrogen and oxygen atoms in total. The number of rotatable bonds is 3. The van der Waals surface area contributed by atoms with Crippen molar-refractivity contribution in [1.82, 2.24) is 0 Å². The highest BCUT2D eigenvalue weighted by atomic mass is 32.2. The zero-order chi connectivity index (χ0) is 8.97. The number of nitrogens with two attached hydrogens (primary N) is 2. The van der Waals surface area contributed by atoms with Crippen LogP contribution in [0.5, 0.6) is 0 Å². The van der Waals surface area contributed by atoms with Gasteiger partial charge in [0, 0.05) is 0 Å². The van der Waals surface area contributed by atoms with E-state index in [2.05, 4.69) is 0 Å². The van der Waals surface area contributed by atoms with Gasteiger partial charge in [-0.25, -0.2) is 0 Å². The van der Waals surface area contributed by atoms with Crippen LogP contribution < -0.4 is 11.5 Å². The van der Waals surface area contributed by atoms with Crippen LogP contribution in [0.3, 0.4) is 0 Å². The summed E-state index contributed by atoms with van der Waals surface area (Å²) in [6.07, 6.45) is 3.15. The Bertz CT molecular complexity index is 157. The van der Waals surface area contributed by atoms with E-state index in [9.17, 15) is 4.79 Å². The van der Waals surface area contributed by atoms with E-state index in [1.54, 1.807) is 0 Å². The van der Waals surface area contributed by atoms with Crippen molar-refractivity contribution in [3.63, 3.8) is 0 Å². The Morgan fingerprint density at radius 3 is 2.58 bits per heavy atom. The van der Waals surface area contributed by atoms with E-state index in [1.165, 1.54) is 24.3 Å². The molecule has 0 spiro atoms. The Balaban J connectivity index is 2.24. The Labute approximate surface area is 77.3 Å². The van der Waals surface area contributed by atoms with Crippen LogP contribution in [0, 0.1) is 5.92 Å². The Morgan fingerprint density at radius 2 is 2.08 bits per heavy atom. The van der Waals surface area contributed by atoms with Crippen molar-refractivity contribution in [1.29, 1.82) is 0 Å². The fourth-order valence-electron chi connectivity index (χ4n) is 1.46. The predicted octanol–water partition coefficient (Wildman–Crippen LogP) is 0.332. The first-order valence-corrected chi connectivity index (χ1v) is 5.48. The average molecular weight is 188 g/mol. The lowest BCUT2D eigenvalue weighted by Gasteiger charge is -2.22. The molecule has 1 unspecified atom stereocenters. The fourth-order valence-corrected chi connectivity index (χ4v) is 2.66. The monoisotopic (exact) mass is 188 g/mol. The van der Waals surface area contributed by atoms with E-state index in [0.717, 1.165) is 6.42 Å². The van der Waals surface area contributed by atoms with Crippen molar-refractivity contribution in [2.45, 2.75) is 25.3 Å². The molecule has 0 aliphatic carbocycles. The maximum Gasteiger partial charge on any atom is 0.234 e. The first-order valence-electron chi connectivity index (χ1n) is 4.33. The van der Waals surface area contributed by atoms with Crippen LogP contribution >= 0.6 is 11.8 Å². The van der Waals surface area contributed by atoms with Gasteiger partial charge >= 0.3 is 0 Å². The molecule has 0 aromatic rings. The van der Waals surface area contributed by atoms with Crippen molar-refractivity contribution in [3.05, 3.63) is 0 Å². The van der Waals surface area contributed by atoms with Gasteiger partial charge in [0.25, 0.3) is 0 Å². The smallest absolute Gasteiger partial charge is 0.234 e. The van der Waals surface area contributed by atoms with Crippen molar-refractivity contribution in [3.8, 4) is 0 Å². The number of thioether (sulfide) groups is 1. The Kier molecular flexibility index (Phi) is 3.88. The minimum atomic E-state index is -0.432. The van der Waals surface area contributed by atoms with Crippen molar-refractivity contribution >= 4 is 17.7 Å². The molecule has 4 heteroatoms. The molecule has 1 saturated heterocycles. The van der Waals surface area contributed by atoms with Crippen LogP contribution in [-0.4, -0.2) is 23.5 Å². The Morgan fingerprint density at radius 1 is 1.50 bits per heavy atom. The molecule has 0 aromatic heterocycles. The van der Waals surface area contributed by atoms with Gasteiger partial charge in [-0.15, -0.1) is 0 Å². The lowest BCUT2D eigenvalue weighted by Crippen LogP contribution is -2.38. The average Bonchev–Trinajstić information content (AvgIpc) is 2.06. The molecule has 1 aliphatic rings. The van der Waals surface area contributed by atoms with Gasteiger partial charge in [-0.2, -0.15) is 11.8 Å². The normalized spacial score (nSPS) is 22.1. The summed E-state index contributed by atoms with van der Waals surface area (Å²) < 4.78 is 0. The lowest BCUT2D eigenvalue weighted by atomic mass is 9.94. The van der Waals surface area contributed by atoms with Crippen LogP contribution in [0.15, 0.2) is 0 Å². The molecular formula is C8H16N2OS. The van der Waals surface area contributed by atoms with Gasteiger partial charge in [0.15, 0.2) is 0 Å². The number of hydrogen-bond acceptors (Lipinski definition) is 3. The second-order valence-electron chi connectivity index (χ2n) is 3.30. The predicted molar refractivity (Wildman–Crippen MR) is 51.8 cm³/mol. The van der Waals surface area contributed by atoms with Gasteiger partial charge in [-0.3, -0.25) is 4.79 Å². The maximum absolute atomic E-state index is 10.7. The van der Waals surface area contributed by atoms with E-state index in [0.29, 0.717) is 5.92 Å².